The Balaban J connectivity index is 1.54. The molecule has 3 rings (SSSR count). The van der Waals surface area contributed by atoms with Crippen LogP contribution in [0.15, 0.2) is 0 Å². The molecule has 0 bridgehead atoms. The van der Waals surface area contributed by atoms with Gasteiger partial charge in [0.15, 0.2) is 0 Å². The molecule has 2 aliphatic carbocycles. The molecule has 0 spiro atoms. The number of rotatable bonds is 2. The fourth-order valence-electron chi connectivity index (χ4n) is 3.25. The lowest BCUT2D eigenvalue weighted by atomic mass is 10.0. The van der Waals surface area contributed by atoms with Gasteiger partial charge in [0.2, 0.25) is 0 Å². The molecule has 0 aromatic heterocycles. The van der Waals surface area contributed by atoms with Crippen molar-refractivity contribution < 1.29 is 14.7 Å². The lowest BCUT2D eigenvalue weighted by Gasteiger charge is -2.28. The summed E-state index contributed by atoms with van der Waals surface area (Å²) in [5.74, 6) is 1.79. The number of aliphatic carboxylic acids is 1. The largest absolute Gasteiger partial charge is 0.481 e. The second-order valence-corrected chi connectivity index (χ2v) is 6.62. The van der Waals surface area contributed by atoms with Crippen LogP contribution in [0.2, 0.25) is 0 Å². The molecule has 5 nitrogen and oxygen atoms in total. The number of urea groups is 1. The quantitative estimate of drug-likeness (QED) is 0.780. The molecule has 1 saturated heterocycles. The summed E-state index contributed by atoms with van der Waals surface area (Å²) in [6.45, 7) is 1.61. The first-order chi connectivity index (χ1) is 8.66. The predicted octanol–water partition coefficient (Wildman–Crippen LogP) is 0.854. The third kappa shape index (κ3) is 2.18. The fraction of sp³-hybridized carbons (Fsp3) is 0.833. The standard InChI is InChI=1S/C12H18N2O3S/c15-11(16)9-6-10(8-5-7(8)9)13-12(17)14-1-3-18-4-2-14/h7-10H,1-6H2,(H,13,17)(H,15,16)/t7-,8+,9-,10+/m1/s1. The molecule has 4 atom stereocenters. The lowest BCUT2D eigenvalue weighted by Crippen LogP contribution is -2.48. The van der Waals surface area contributed by atoms with E-state index >= 15 is 0 Å². The van der Waals surface area contributed by atoms with E-state index in [0.29, 0.717) is 18.3 Å². The van der Waals surface area contributed by atoms with Gasteiger partial charge in [-0.15, -0.1) is 0 Å². The van der Waals surface area contributed by atoms with Gasteiger partial charge in [0, 0.05) is 30.6 Å². The molecule has 1 aliphatic heterocycles. The average Bonchev–Trinajstić information content (AvgIpc) is 3.08. The Kier molecular flexibility index (Phi) is 3.13. The Labute approximate surface area is 110 Å². The van der Waals surface area contributed by atoms with Gasteiger partial charge in [-0.25, -0.2) is 4.79 Å². The number of carboxylic acids is 1. The van der Waals surface area contributed by atoms with Gasteiger partial charge in [-0.1, -0.05) is 0 Å². The Bertz CT molecular complexity index is 370. The van der Waals surface area contributed by atoms with Crippen LogP contribution in [0, 0.1) is 17.8 Å². The zero-order valence-corrected chi connectivity index (χ0v) is 11.0. The first-order valence-corrected chi connectivity index (χ1v) is 7.68. The van der Waals surface area contributed by atoms with Crippen LogP contribution in [-0.2, 0) is 4.79 Å². The summed E-state index contributed by atoms with van der Waals surface area (Å²) in [5.41, 5.74) is 0. The van der Waals surface area contributed by atoms with Gasteiger partial charge in [-0.3, -0.25) is 4.79 Å². The maximum absolute atomic E-state index is 12.1. The summed E-state index contributed by atoms with van der Waals surface area (Å²) in [6, 6.07) is 0.0789. The molecule has 2 amide bonds. The molecular weight excluding hydrogens is 252 g/mol. The van der Waals surface area contributed by atoms with Gasteiger partial charge in [-0.05, 0) is 24.7 Å². The third-order valence-electron chi connectivity index (χ3n) is 4.36. The van der Waals surface area contributed by atoms with Crippen molar-refractivity contribution in [3.05, 3.63) is 0 Å². The van der Waals surface area contributed by atoms with Crippen LogP contribution in [0.5, 0.6) is 0 Å². The summed E-state index contributed by atoms with van der Waals surface area (Å²) in [4.78, 5) is 24.9. The minimum atomic E-state index is -0.700. The van der Waals surface area contributed by atoms with E-state index in [1.165, 1.54) is 0 Å². The van der Waals surface area contributed by atoms with Crippen molar-refractivity contribution in [1.29, 1.82) is 0 Å². The predicted molar refractivity (Wildman–Crippen MR) is 68.6 cm³/mol. The highest BCUT2D eigenvalue weighted by atomic mass is 32.2. The number of nitrogens with zero attached hydrogens (tertiary/aromatic N) is 1. The molecule has 3 aliphatic rings. The van der Waals surface area contributed by atoms with Gasteiger partial charge in [-0.2, -0.15) is 11.8 Å². The Morgan fingerprint density at radius 2 is 1.89 bits per heavy atom. The molecular formula is C12H18N2O3S. The molecule has 2 saturated carbocycles. The molecule has 0 aromatic carbocycles. The summed E-state index contributed by atoms with van der Waals surface area (Å²) in [7, 11) is 0. The van der Waals surface area contributed by atoms with Crippen molar-refractivity contribution in [2.45, 2.75) is 18.9 Å². The molecule has 1 heterocycles. The second kappa shape index (κ2) is 4.64. The van der Waals surface area contributed by atoms with E-state index in [0.717, 1.165) is 31.0 Å². The zero-order valence-electron chi connectivity index (χ0n) is 10.2. The minimum Gasteiger partial charge on any atom is -0.481 e. The van der Waals surface area contributed by atoms with Crippen LogP contribution in [0.1, 0.15) is 12.8 Å². The summed E-state index contributed by atoms with van der Waals surface area (Å²) in [6.07, 6.45) is 1.58. The first kappa shape index (κ1) is 12.1. The topological polar surface area (TPSA) is 69.6 Å². The van der Waals surface area contributed by atoms with Gasteiger partial charge >= 0.3 is 12.0 Å². The normalized spacial score (nSPS) is 38.1. The molecule has 18 heavy (non-hydrogen) atoms. The van der Waals surface area contributed by atoms with Gasteiger partial charge in [0.05, 0.1) is 5.92 Å². The highest BCUT2D eigenvalue weighted by Crippen LogP contribution is 2.55. The molecule has 100 valence electrons. The van der Waals surface area contributed by atoms with E-state index in [1.807, 2.05) is 16.7 Å². The number of thioether (sulfide) groups is 1. The molecule has 0 aromatic rings. The first-order valence-electron chi connectivity index (χ1n) is 6.53. The lowest BCUT2D eigenvalue weighted by molar-refractivity contribution is -0.142. The van der Waals surface area contributed by atoms with E-state index < -0.39 is 5.97 Å². The molecule has 3 fully saturated rings. The number of carboxylic acid groups (broad SMARTS) is 1. The summed E-state index contributed by atoms with van der Waals surface area (Å²) < 4.78 is 0. The maximum atomic E-state index is 12.1. The van der Waals surface area contributed by atoms with Crippen molar-refractivity contribution in [1.82, 2.24) is 10.2 Å². The smallest absolute Gasteiger partial charge is 0.317 e. The number of nitrogens with one attached hydrogen (secondary N) is 1. The van der Waals surface area contributed by atoms with Gasteiger partial charge in [0.25, 0.3) is 0 Å². The van der Waals surface area contributed by atoms with Gasteiger partial charge < -0.3 is 15.3 Å². The van der Waals surface area contributed by atoms with Crippen LogP contribution >= 0.6 is 11.8 Å². The van der Waals surface area contributed by atoms with E-state index in [2.05, 4.69) is 5.32 Å². The number of hydrogen-bond donors (Lipinski definition) is 2. The van der Waals surface area contributed by atoms with Crippen LogP contribution in [0.25, 0.3) is 0 Å². The second-order valence-electron chi connectivity index (χ2n) is 5.40. The molecule has 2 N–H and O–H groups in total. The molecule has 6 heteroatoms. The van der Waals surface area contributed by atoms with Crippen molar-refractivity contribution in [2.24, 2.45) is 17.8 Å². The van der Waals surface area contributed by atoms with Crippen molar-refractivity contribution in [2.75, 3.05) is 24.6 Å². The Morgan fingerprint density at radius 3 is 2.50 bits per heavy atom. The number of hydrogen-bond acceptors (Lipinski definition) is 3. The number of carbonyl (C=O) groups excluding carboxylic acids is 1. The number of carbonyl (C=O) groups is 2. The summed E-state index contributed by atoms with van der Waals surface area (Å²) in [5, 5.41) is 12.1. The fourth-order valence-corrected chi connectivity index (χ4v) is 4.15. The van der Waals surface area contributed by atoms with Gasteiger partial charge in [0.1, 0.15) is 0 Å². The van der Waals surface area contributed by atoms with E-state index in [4.69, 9.17) is 5.11 Å². The maximum Gasteiger partial charge on any atom is 0.317 e. The van der Waals surface area contributed by atoms with E-state index in [-0.39, 0.29) is 18.0 Å². The van der Waals surface area contributed by atoms with Crippen molar-refractivity contribution >= 4 is 23.8 Å². The zero-order chi connectivity index (χ0) is 12.7. The monoisotopic (exact) mass is 270 g/mol. The average molecular weight is 270 g/mol. The third-order valence-corrected chi connectivity index (χ3v) is 5.30. The Hall–Kier alpha value is -0.910. The van der Waals surface area contributed by atoms with E-state index in [9.17, 15) is 9.59 Å². The highest BCUT2D eigenvalue weighted by Gasteiger charge is 2.57. The SMILES string of the molecule is O=C(O)[C@@H]1C[C@H](NC(=O)N2CCSCC2)[C@H]2C[C@H]21. The minimum absolute atomic E-state index is 0.00279. The highest BCUT2D eigenvalue weighted by molar-refractivity contribution is 7.99. The van der Waals surface area contributed by atoms with Crippen LogP contribution in [0.3, 0.4) is 0 Å². The molecule has 0 unspecified atom stereocenters. The van der Waals surface area contributed by atoms with E-state index in [1.54, 1.807) is 0 Å². The van der Waals surface area contributed by atoms with Crippen LogP contribution < -0.4 is 5.32 Å². The van der Waals surface area contributed by atoms with Crippen LogP contribution in [-0.4, -0.2) is 52.6 Å². The number of fused-ring (bicyclic) bond motifs is 1. The Morgan fingerprint density at radius 1 is 1.17 bits per heavy atom. The van der Waals surface area contributed by atoms with Crippen LogP contribution in [0.4, 0.5) is 4.79 Å². The van der Waals surface area contributed by atoms with Crippen molar-refractivity contribution in [3.8, 4) is 0 Å². The number of amides is 2. The molecule has 0 radical (unpaired) electrons. The summed E-state index contributed by atoms with van der Waals surface area (Å²) >= 11 is 1.87. The van der Waals surface area contributed by atoms with Crippen molar-refractivity contribution in [3.63, 3.8) is 0 Å².